The van der Waals surface area contributed by atoms with Crippen molar-refractivity contribution < 1.29 is 19.0 Å². The lowest BCUT2D eigenvalue weighted by Crippen LogP contribution is -2.33. The van der Waals surface area contributed by atoms with Gasteiger partial charge in [0, 0.05) is 36.2 Å². The molecule has 31 heavy (non-hydrogen) atoms. The summed E-state index contributed by atoms with van der Waals surface area (Å²) in [5.74, 6) is 0.555. The summed E-state index contributed by atoms with van der Waals surface area (Å²) in [5, 5.41) is 4.45. The van der Waals surface area contributed by atoms with Crippen molar-refractivity contribution in [3.8, 4) is 5.75 Å². The smallest absolute Gasteiger partial charge is 0.274 e. The van der Waals surface area contributed by atoms with Gasteiger partial charge in [0.05, 0.1) is 19.4 Å². The van der Waals surface area contributed by atoms with Gasteiger partial charge in [0.1, 0.15) is 24.1 Å². The zero-order valence-corrected chi connectivity index (χ0v) is 17.8. The highest BCUT2D eigenvalue weighted by Gasteiger charge is 2.40. The molecular weight excluding hydrogens is 398 g/mol. The van der Waals surface area contributed by atoms with Gasteiger partial charge in [0.2, 0.25) is 0 Å². The molecule has 2 aliphatic rings. The van der Waals surface area contributed by atoms with Crippen molar-refractivity contribution in [1.82, 2.24) is 24.5 Å². The van der Waals surface area contributed by atoms with E-state index in [9.17, 15) is 4.79 Å². The summed E-state index contributed by atoms with van der Waals surface area (Å²) < 4.78 is 19.7. The number of likely N-dealkylation sites (tertiary alicyclic amines) is 1. The van der Waals surface area contributed by atoms with E-state index in [1.165, 1.54) is 0 Å². The van der Waals surface area contributed by atoms with Gasteiger partial charge in [-0.3, -0.25) is 9.78 Å². The molecule has 2 saturated heterocycles. The molecule has 0 aromatic carbocycles. The molecule has 0 spiro atoms. The van der Waals surface area contributed by atoms with Crippen LogP contribution in [0.3, 0.4) is 0 Å². The molecule has 5 rings (SSSR count). The van der Waals surface area contributed by atoms with Crippen LogP contribution >= 0.6 is 0 Å². The third kappa shape index (κ3) is 3.98. The van der Waals surface area contributed by atoms with E-state index in [4.69, 9.17) is 14.2 Å². The number of carbonyl (C=O) groups excluding carboxylic acids is 1. The number of aromatic nitrogens is 4. The lowest BCUT2D eigenvalue weighted by molar-refractivity contribution is -0.00461. The first kappa shape index (κ1) is 19.9. The van der Waals surface area contributed by atoms with Gasteiger partial charge < -0.3 is 19.1 Å². The Labute approximate surface area is 179 Å². The van der Waals surface area contributed by atoms with Gasteiger partial charge in [-0.05, 0) is 39.0 Å². The van der Waals surface area contributed by atoms with Crippen LogP contribution in [0.5, 0.6) is 5.75 Å². The standard InChI is InChI=1S/C22H25N5O4/c1-13-4-5-16(8-23-13)31-17-11-29-19-9-26(10-20(19)30-12-17)22(28)18-7-21-24-14(2)6-15(3)27(21)25-18/h4-8,17,19-20H,9-12H2,1-3H3/t19-,20-/m0/s1. The van der Waals surface area contributed by atoms with Crippen LogP contribution in [-0.2, 0) is 9.47 Å². The molecule has 0 radical (unpaired) electrons. The SMILES string of the molecule is Cc1ccc(OC2CO[C@H]3CN(C(=O)c4cc5nc(C)cc(C)n5n4)C[C@@H]3OC2)cn1. The first-order valence-electron chi connectivity index (χ1n) is 10.4. The fraction of sp³-hybridized carbons (Fsp3) is 0.455. The number of nitrogens with zero attached hydrogens (tertiary/aromatic N) is 5. The molecule has 9 nitrogen and oxygen atoms in total. The number of aryl methyl sites for hydroxylation is 3. The molecule has 2 fully saturated rings. The van der Waals surface area contributed by atoms with Crippen LogP contribution in [0.15, 0.2) is 30.5 Å². The molecule has 0 aliphatic carbocycles. The Morgan fingerprint density at radius 1 is 1.06 bits per heavy atom. The number of pyridine rings is 1. The van der Waals surface area contributed by atoms with Gasteiger partial charge >= 0.3 is 0 Å². The van der Waals surface area contributed by atoms with E-state index in [0.717, 1.165) is 17.1 Å². The van der Waals surface area contributed by atoms with Gasteiger partial charge in [0.25, 0.3) is 5.91 Å². The maximum Gasteiger partial charge on any atom is 0.274 e. The van der Waals surface area contributed by atoms with Gasteiger partial charge in [-0.1, -0.05) is 0 Å². The lowest BCUT2D eigenvalue weighted by Gasteiger charge is -2.19. The zero-order valence-electron chi connectivity index (χ0n) is 17.8. The summed E-state index contributed by atoms with van der Waals surface area (Å²) >= 11 is 0. The fourth-order valence-corrected chi connectivity index (χ4v) is 4.08. The van der Waals surface area contributed by atoms with Crippen LogP contribution in [0, 0.1) is 20.8 Å². The number of amides is 1. The molecule has 0 N–H and O–H groups in total. The van der Waals surface area contributed by atoms with Crippen LogP contribution in [0.25, 0.3) is 5.65 Å². The van der Waals surface area contributed by atoms with E-state index in [0.29, 0.717) is 43.4 Å². The molecule has 0 saturated carbocycles. The zero-order chi connectivity index (χ0) is 21.5. The summed E-state index contributed by atoms with van der Waals surface area (Å²) in [5.41, 5.74) is 3.83. The lowest BCUT2D eigenvalue weighted by atomic mass is 10.3. The minimum absolute atomic E-state index is 0.138. The molecule has 5 heterocycles. The normalized spacial score (nSPS) is 21.8. The number of carbonyl (C=O) groups is 1. The van der Waals surface area contributed by atoms with Gasteiger partial charge in [-0.2, -0.15) is 5.10 Å². The first-order chi connectivity index (χ1) is 15.0. The Hall–Kier alpha value is -3.04. The molecule has 0 bridgehead atoms. The number of rotatable bonds is 3. The summed E-state index contributed by atoms with van der Waals surface area (Å²) in [7, 11) is 0. The molecular formula is C22H25N5O4. The predicted octanol–water partition coefficient (Wildman–Crippen LogP) is 1.74. The average molecular weight is 423 g/mol. The van der Waals surface area contributed by atoms with E-state index in [1.807, 2.05) is 39.0 Å². The van der Waals surface area contributed by atoms with E-state index in [1.54, 1.807) is 21.7 Å². The van der Waals surface area contributed by atoms with E-state index < -0.39 is 0 Å². The molecule has 0 unspecified atom stereocenters. The first-order valence-corrected chi connectivity index (χ1v) is 10.4. The average Bonchev–Trinajstić information content (AvgIpc) is 3.31. The second kappa shape index (κ2) is 7.90. The highest BCUT2D eigenvalue weighted by Crippen LogP contribution is 2.23. The van der Waals surface area contributed by atoms with Gasteiger partial charge in [-0.15, -0.1) is 0 Å². The van der Waals surface area contributed by atoms with Crippen LogP contribution in [0.1, 0.15) is 27.6 Å². The van der Waals surface area contributed by atoms with E-state index >= 15 is 0 Å². The number of hydrogen-bond acceptors (Lipinski definition) is 7. The molecule has 2 atom stereocenters. The Kier molecular flexibility index (Phi) is 5.07. The van der Waals surface area contributed by atoms with Crippen LogP contribution in [-0.4, -0.2) is 75.0 Å². The Morgan fingerprint density at radius 2 is 1.81 bits per heavy atom. The van der Waals surface area contributed by atoms with Crippen molar-refractivity contribution in [3.63, 3.8) is 0 Å². The quantitative estimate of drug-likeness (QED) is 0.634. The minimum atomic E-state index is -0.213. The molecule has 162 valence electrons. The van der Waals surface area contributed by atoms with Crippen molar-refractivity contribution >= 4 is 11.6 Å². The predicted molar refractivity (Wildman–Crippen MR) is 111 cm³/mol. The molecule has 9 heteroatoms. The monoisotopic (exact) mass is 423 g/mol. The molecule has 1 amide bonds. The summed E-state index contributed by atoms with van der Waals surface area (Å²) in [6.07, 6.45) is 1.12. The number of hydrogen-bond donors (Lipinski definition) is 0. The maximum absolute atomic E-state index is 13.1. The highest BCUT2D eigenvalue weighted by atomic mass is 16.6. The second-order valence-electron chi connectivity index (χ2n) is 8.17. The van der Waals surface area contributed by atoms with Crippen molar-refractivity contribution in [2.45, 2.75) is 39.1 Å². The minimum Gasteiger partial charge on any atom is -0.484 e. The van der Waals surface area contributed by atoms with Gasteiger partial charge in [0.15, 0.2) is 11.3 Å². The van der Waals surface area contributed by atoms with Crippen LogP contribution in [0.2, 0.25) is 0 Å². The van der Waals surface area contributed by atoms with Crippen molar-refractivity contribution in [3.05, 3.63) is 53.2 Å². The molecule has 3 aromatic rings. The van der Waals surface area contributed by atoms with Crippen molar-refractivity contribution in [1.29, 1.82) is 0 Å². The summed E-state index contributed by atoms with van der Waals surface area (Å²) in [6, 6.07) is 7.47. The Morgan fingerprint density at radius 3 is 2.48 bits per heavy atom. The molecule has 3 aromatic heterocycles. The van der Waals surface area contributed by atoms with Crippen molar-refractivity contribution in [2.75, 3.05) is 26.3 Å². The Balaban J connectivity index is 1.23. The topological polar surface area (TPSA) is 91.1 Å². The second-order valence-corrected chi connectivity index (χ2v) is 8.17. The third-order valence-corrected chi connectivity index (χ3v) is 5.63. The highest BCUT2D eigenvalue weighted by molar-refractivity contribution is 5.93. The summed E-state index contributed by atoms with van der Waals surface area (Å²) in [4.78, 5) is 23.5. The van der Waals surface area contributed by atoms with Crippen LogP contribution < -0.4 is 4.74 Å². The van der Waals surface area contributed by atoms with Gasteiger partial charge in [-0.25, -0.2) is 9.50 Å². The largest absolute Gasteiger partial charge is 0.484 e. The van der Waals surface area contributed by atoms with Crippen LogP contribution in [0.4, 0.5) is 0 Å². The Bertz CT molecular complexity index is 1100. The van der Waals surface area contributed by atoms with E-state index in [-0.39, 0.29) is 24.2 Å². The third-order valence-electron chi connectivity index (χ3n) is 5.63. The van der Waals surface area contributed by atoms with Crippen molar-refractivity contribution in [2.24, 2.45) is 0 Å². The summed E-state index contributed by atoms with van der Waals surface area (Å²) in [6.45, 7) is 7.52. The maximum atomic E-state index is 13.1. The number of ether oxygens (including phenoxy) is 3. The number of fused-ring (bicyclic) bond motifs is 2. The van der Waals surface area contributed by atoms with E-state index in [2.05, 4.69) is 15.1 Å². The fourth-order valence-electron chi connectivity index (χ4n) is 4.08. The molecule has 2 aliphatic heterocycles.